The van der Waals surface area contributed by atoms with Crippen molar-refractivity contribution in [3.05, 3.63) is 59.9 Å². The first kappa shape index (κ1) is 24.8. The van der Waals surface area contributed by atoms with Crippen molar-refractivity contribution in [2.24, 2.45) is 0 Å². The second-order valence-corrected chi connectivity index (χ2v) is 9.96. The topological polar surface area (TPSA) is 57.8 Å². The minimum atomic E-state index is -0.498. The van der Waals surface area contributed by atoms with Gasteiger partial charge in [-0.3, -0.25) is 4.90 Å². The quantitative estimate of drug-likeness (QED) is 0.476. The third-order valence-corrected chi connectivity index (χ3v) is 6.23. The highest BCUT2D eigenvalue weighted by Crippen LogP contribution is 2.36. The maximum Gasteiger partial charge on any atom is 0.410 e. The van der Waals surface area contributed by atoms with Crippen LogP contribution in [0.3, 0.4) is 0 Å². The zero-order valence-electron chi connectivity index (χ0n) is 21.2. The van der Waals surface area contributed by atoms with Crippen molar-refractivity contribution in [3.8, 4) is 17.0 Å². The van der Waals surface area contributed by atoms with E-state index in [1.54, 1.807) is 19.1 Å². The maximum atomic E-state index is 15.4. The lowest BCUT2D eigenvalue weighted by atomic mass is 9.98. The first-order valence-corrected chi connectivity index (χ1v) is 12.0. The van der Waals surface area contributed by atoms with E-state index in [0.717, 1.165) is 37.1 Å². The molecule has 0 aliphatic carbocycles. The summed E-state index contributed by atoms with van der Waals surface area (Å²) in [6.07, 6.45) is 2.76. The molecule has 0 saturated heterocycles. The molecule has 186 valence electrons. The molecule has 6 nitrogen and oxygen atoms in total. The number of benzene rings is 2. The molecular weight excluding hydrogens is 445 g/mol. The molecule has 0 radical (unpaired) electrons. The third-order valence-electron chi connectivity index (χ3n) is 6.23. The van der Waals surface area contributed by atoms with E-state index >= 15 is 4.39 Å². The number of fused-ring (bicyclic) bond motifs is 1. The fraction of sp³-hybridized carbons (Fsp3) is 0.393. The summed E-state index contributed by atoms with van der Waals surface area (Å²) in [7, 11) is 3.35. The number of para-hydroxylation sites is 1. The minimum Gasteiger partial charge on any atom is -0.496 e. The first-order valence-electron chi connectivity index (χ1n) is 12.0. The lowest BCUT2D eigenvalue weighted by Gasteiger charge is -2.29. The summed E-state index contributed by atoms with van der Waals surface area (Å²) in [5.41, 5.74) is 3.65. The fourth-order valence-electron chi connectivity index (χ4n) is 4.29. The van der Waals surface area contributed by atoms with Gasteiger partial charge in [-0.1, -0.05) is 24.3 Å². The van der Waals surface area contributed by atoms with Crippen LogP contribution in [0.1, 0.15) is 32.8 Å². The molecule has 1 aromatic heterocycles. The molecule has 2 aromatic carbocycles. The van der Waals surface area contributed by atoms with Gasteiger partial charge in [-0.15, -0.1) is 0 Å². The average Bonchev–Trinajstić information content (AvgIpc) is 3.17. The highest BCUT2D eigenvalue weighted by Gasteiger charge is 2.21. The number of carbonyl (C=O) groups is 1. The smallest absolute Gasteiger partial charge is 0.410 e. The van der Waals surface area contributed by atoms with Crippen LogP contribution in [-0.4, -0.2) is 66.8 Å². The zero-order valence-corrected chi connectivity index (χ0v) is 21.2. The van der Waals surface area contributed by atoms with E-state index in [-0.39, 0.29) is 11.9 Å². The Morgan fingerprint density at radius 3 is 2.66 bits per heavy atom. The number of methoxy groups -OCH3 is 1. The highest BCUT2D eigenvalue weighted by atomic mass is 19.1. The number of aromatic amines is 1. The van der Waals surface area contributed by atoms with E-state index in [9.17, 15) is 4.79 Å². The number of rotatable bonds is 6. The Labute approximate surface area is 206 Å². The van der Waals surface area contributed by atoms with Gasteiger partial charge in [-0.05, 0) is 62.6 Å². The number of hydrogen-bond donors (Lipinski definition) is 1. The van der Waals surface area contributed by atoms with Gasteiger partial charge in [0.15, 0.2) is 5.82 Å². The fourth-order valence-corrected chi connectivity index (χ4v) is 4.29. The van der Waals surface area contributed by atoms with Gasteiger partial charge in [0, 0.05) is 49.7 Å². The summed E-state index contributed by atoms with van der Waals surface area (Å²) >= 11 is 0. The summed E-state index contributed by atoms with van der Waals surface area (Å²) in [6.45, 7) is 8.65. The monoisotopic (exact) mass is 479 g/mol. The van der Waals surface area contributed by atoms with E-state index < -0.39 is 5.60 Å². The summed E-state index contributed by atoms with van der Waals surface area (Å²) < 4.78 is 26.3. The largest absolute Gasteiger partial charge is 0.496 e. The first-order chi connectivity index (χ1) is 16.7. The number of ether oxygens (including phenoxy) is 2. The van der Waals surface area contributed by atoms with Crippen LogP contribution < -0.4 is 4.74 Å². The number of hydrogen-bond acceptors (Lipinski definition) is 4. The predicted molar refractivity (Wildman–Crippen MR) is 138 cm³/mol. The molecule has 1 amide bonds. The van der Waals surface area contributed by atoms with Crippen LogP contribution in [0.2, 0.25) is 0 Å². The summed E-state index contributed by atoms with van der Waals surface area (Å²) in [5, 5.41) is 0.575. The van der Waals surface area contributed by atoms with Crippen molar-refractivity contribution in [1.82, 2.24) is 14.8 Å². The Balaban J connectivity index is 1.44. The number of carbonyl (C=O) groups excluding carboxylic acids is 1. The van der Waals surface area contributed by atoms with E-state index in [0.29, 0.717) is 28.9 Å². The number of halogens is 1. The van der Waals surface area contributed by atoms with E-state index in [2.05, 4.69) is 16.0 Å². The van der Waals surface area contributed by atoms with Crippen LogP contribution >= 0.6 is 0 Å². The molecule has 2 heterocycles. The number of H-pyrrole nitrogens is 1. The molecular formula is C28H34FN3O3. The van der Waals surface area contributed by atoms with Gasteiger partial charge in [0.1, 0.15) is 11.4 Å². The van der Waals surface area contributed by atoms with Crippen LogP contribution in [0.25, 0.3) is 27.7 Å². The molecule has 35 heavy (non-hydrogen) atoms. The number of aromatic nitrogens is 1. The van der Waals surface area contributed by atoms with Crippen LogP contribution in [-0.2, 0) is 4.74 Å². The Hall–Kier alpha value is -3.32. The molecule has 0 spiro atoms. The second-order valence-electron chi connectivity index (χ2n) is 9.96. The zero-order chi connectivity index (χ0) is 25.2. The minimum absolute atomic E-state index is 0.269. The van der Waals surface area contributed by atoms with Crippen molar-refractivity contribution in [2.75, 3.05) is 40.3 Å². The third kappa shape index (κ3) is 5.68. The van der Waals surface area contributed by atoms with E-state index in [4.69, 9.17) is 9.47 Å². The van der Waals surface area contributed by atoms with Crippen LogP contribution in [0.5, 0.6) is 5.75 Å². The lowest BCUT2D eigenvalue weighted by Crippen LogP contribution is -2.40. The number of nitrogens with one attached hydrogen (secondary N) is 1. The number of amides is 1. The lowest BCUT2D eigenvalue weighted by molar-refractivity contribution is 0.0285. The Bertz CT molecular complexity index is 1240. The van der Waals surface area contributed by atoms with Crippen molar-refractivity contribution < 1.29 is 18.7 Å². The van der Waals surface area contributed by atoms with Gasteiger partial charge in [0.2, 0.25) is 0 Å². The standard InChI is InChI=1S/C28H34FN3O3/c1-28(2,3)35-27(33)31(4)16-17-32-14-12-19(13-15-32)20-10-11-23-22(18-20)25(29)26(30-23)21-8-6-7-9-24(21)34-5/h6-12,18,30H,13-17H2,1-5H3. The van der Waals surface area contributed by atoms with Crippen LogP contribution in [0, 0.1) is 5.82 Å². The van der Waals surface area contributed by atoms with Gasteiger partial charge in [0.05, 0.1) is 12.8 Å². The molecule has 0 saturated carbocycles. The van der Waals surface area contributed by atoms with Crippen molar-refractivity contribution >= 4 is 22.6 Å². The van der Waals surface area contributed by atoms with Gasteiger partial charge in [-0.2, -0.15) is 0 Å². The van der Waals surface area contributed by atoms with Gasteiger partial charge < -0.3 is 19.4 Å². The molecule has 1 aliphatic rings. The summed E-state index contributed by atoms with van der Waals surface area (Å²) in [5.74, 6) is 0.361. The molecule has 1 N–H and O–H groups in total. The molecule has 0 atom stereocenters. The Morgan fingerprint density at radius 2 is 1.97 bits per heavy atom. The molecule has 0 unspecified atom stereocenters. The number of nitrogens with zero attached hydrogens (tertiary/aromatic N) is 2. The van der Waals surface area contributed by atoms with Gasteiger partial charge >= 0.3 is 6.09 Å². The van der Waals surface area contributed by atoms with Crippen molar-refractivity contribution in [3.63, 3.8) is 0 Å². The Morgan fingerprint density at radius 1 is 1.20 bits per heavy atom. The normalized spacial score (nSPS) is 14.6. The SMILES string of the molecule is COc1ccccc1-c1[nH]c2ccc(C3=CCN(CCN(C)C(=O)OC(C)(C)C)CC3)cc2c1F. The van der Waals surface area contributed by atoms with Crippen molar-refractivity contribution in [2.45, 2.75) is 32.8 Å². The summed E-state index contributed by atoms with van der Waals surface area (Å²) in [4.78, 5) is 19.3. The predicted octanol–water partition coefficient (Wildman–Crippen LogP) is 5.94. The van der Waals surface area contributed by atoms with Crippen LogP contribution in [0.4, 0.5) is 9.18 Å². The second kappa shape index (κ2) is 10.1. The van der Waals surface area contributed by atoms with E-state index in [1.807, 2.05) is 63.2 Å². The molecule has 0 fully saturated rings. The Kier molecular flexibility index (Phi) is 7.17. The molecule has 4 rings (SSSR count). The van der Waals surface area contributed by atoms with Crippen molar-refractivity contribution in [1.29, 1.82) is 0 Å². The highest BCUT2D eigenvalue weighted by molar-refractivity contribution is 5.90. The maximum absolute atomic E-state index is 15.4. The molecule has 7 heteroatoms. The molecule has 1 aliphatic heterocycles. The van der Waals surface area contributed by atoms with E-state index in [1.165, 1.54) is 5.57 Å². The molecule has 0 bridgehead atoms. The molecule has 3 aromatic rings. The van der Waals surface area contributed by atoms with Gasteiger partial charge in [0.25, 0.3) is 0 Å². The number of likely N-dealkylation sites (N-methyl/N-ethyl adjacent to an activating group) is 1. The van der Waals surface area contributed by atoms with Gasteiger partial charge in [-0.25, -0.2) is 9.18 Å². The average molecular weight is 480 g/mol. The summed E-state index contributed by atoms with van der Waals surface area (Å²) in [6, 6.07) is 13.3. The van der Waals surface area contributed by atoms with Crippen LogP contribution in [0.15, 0.2) is 48.5 Å².